The van der Waals surface area contributed by atoms with Crippen LogP contribution in [0.15, 0.2) is 24.3 Å². The van der Waals surface area contributed by atoms with E-state index in [1.807, 2.05) is 0 Å². The molecule has 0 fully saturated rings. The fourth-order valence-electron chi connectivity index (χ4n) is 1.49. The molecular formula is C11H15ClO3. The van der Waals surface area contributed by atoms with Gasteiger partial charge in [0, 0.05) is 12.1 Å². The van der Waals surface area contributed by atoms with Crippen LogP contribution in [0.2, 0.25) is 5.02 Å². The number of aliphatic hydroxyl groups excluding tert-OH is 2. The minimum absolute atomic E-state index is 0.168. The average molecular weight is 231 g/mol. The largest absolute Gasteiger partial charge is 0.395 e. The number of benzene rings is 1. The van der Waals surface area contributed by atoms with Gasteiger partial charge in [-0.05, 0) is 17.7 Å². The molecule has 0 saturated carbocycles. The molecule has 0 spiro atoms. The maximum Gasteiger partial charge on any atom is 0.0648 e. The summed E-state index contributed by atoms with van der Waals surface area (Å²) in [6.07, 6.45) is 0. The molecule has 0 heterocycles. The Kier molecular flexibility index (Phi) is 4.54. The zero-order valence-electron chi connectivity index (χ0n) is 8.61. The van der Waals surface area contributed by atoms with Crippen LogP contribution in [-0.2, 0) is 10.2 Å². The second-order valence-corrected chi connectivity index (χ2v) is 3.97. The molecule has 0 unspecified atom stereocenters. The summed E-state index contributed by atoms with van der Waals surface area (Å²) >= 11 is 5.77. The zero-order chi connectivity index (χ0) is 11.3. The second kappa shape index (κ2) is 5.47. The van der Waals surface area contributed by atoms with E-state index < -0.39 is 5.41 Å². The van der Waals surface area contributed by atoms with Crippen molar-refractivity contribution in [1.29, 1.82) is 0 Å². The van der Waals surface area contributed by atoms with E-state index in [2.05, 4.69) is 0 Å². The molecule has 4 heteroatoms. The quantitative estimate of drug-likeness (QED) is 0.800. The topological polar surface area (TPSA) is 49.7 Å². The Balaban J connectivity index is 3.02. The van der Waals surface area contributed by atoms with Crippen molar-refractivity contribution in [3.05, 3.63) is 34.9 Å². The van der Waals surface area contributed by atoms with Gasteiger partial charge in [-0.15, -0.1) is 0 Å². The van der Waals surface area contributed by atoms with E-state index in [-0.39, 0.29) is 19.8 Å². The molecule has 0 aliphatic carbocycles. The molecule has 2 N–H and O–H groups in total. The van der Waals surface area contributed by atoms with Gasteiger partial charge in [-0.1, -0.05) is 23.7 Å². The second-order valence-electron chi connectivity index (χ2n) is 3.54. The fraction of sp³-hybridized carbons (Fsp3) is 0.455. The Morgan fingerprint density at radius 3 is 2.13 bits per heavy atom. The number of hydrogen-bond donors (Lipinski definition) is 2. The van der Waals surface area contributed by atoms with Gasteiger partial charge in [0.25, 0.3) is 0 Å². The summed E-state index contributed by atoms with van der Waals surface area (Å²) in [5.41, 5.74) is 0.0676. The van der Waals surface area contributed by atoms with Crippen molar-refractivity contribution in [2.45, 2.75) is 5.41 Å². The van der Waals surface area contributed by atoms with E-state index >= 15 is 0 Å². The molecule has 0 aromatic heterocycles. The Morgan fingerprint density at radius 2 is 1.73 bits per heavy atom. The van der Waals surface area contributed by atoms with Gasteiger partial charge in [0.05, 0.1) is 25.2 Å². The third kappa shape index (κ3) is 2.69. The molecule has 0 amide bonds. The number of aliphatic hydroxyl groups is 2. The zero-order valence-corrected chi connectivity index (χ0v) is 9.37. The van der Waals surface area contributed by atoms with E-state index in [1.165, 1.54) is 7.11 Å². The summed E-state index contributed by atoms with van der Waals surface area (Å²) in [6.45, 7) is -0.0699. The van der Waals surface area contributed by atoms with Gasteiger partial charge in [-0.25, -0.2) is 0 Å². The van der Waals surface area contributed by atoms with Crippen LogP contribution in [0.1, 0.15) is 5.56 Å². The van der Waals surface area contributed by atoms with Gasteiger partial charge in [-0.3, -0.25) is 0 Å². The minimum atomic E-state index is -0.751. The van der Waals surface area contributed by atoms with Crippen LogP contribution in [0.3, 0.4) is 0 Å². The molecule has 1 aromatic carbocycles. The van der Waals surface area contributed by atoms with Crippen molar-refractivity contribution in [2.24, 2.45) is 0 Å². The first kappa shape index (κ1) is 12.5. The lowest BCUT2D eigenvalue weighted by molar-refractivity contribution is 0.0418. The molecule has 0 radical (unpaired) electrons. The van der Waals surface area contributed by atoms with Gasteiger partial charge < -0.3 is 14.9 Å². The molecule has 0 bridgehead atoms. The van der Waals surface area contributed by atoms with Crippen LogP contribution < -0.4 is 0 Å². The molecule has 0 aliphatic rings. The number of methoxy groups -OCH3 is 1. The van der Waals surface area contributed by atoms with Crippen LogP contribution in [0, 0.1) is 0 Å². The van der Waals surface area contributed by atoms with Crippen LogP contribution in [0.4, 0.5) is 0 Å². The highest BCUT2D eigenvalue weighted by Gasteiger charge is 2.30. The smallest absolute Gasteiger partial charge is 0.0648 e. The van der Waals surface area contributed by atoms with Crippen molar-refractivity contribution < 1.29 is 14.9 Å². The molecule has 0 atom stereocenters. The molecule has 84 valence electrons. The van der Waals surface area contributed by atoms with Crippen molar-refractivity contribution in [1.82, 2.24) is 0 Å². The number of halogens is 1. The molecule has 1 aromatic rings. The summed E-state index contributed by atoms with van der Waals surface area (Å²) < 4.78 is 5.02. The highest BCUT2D eigenvalue weighted by molar-refractivity contribution is 6.30. The van der Waals surface area contributed by atoms with Gasteiger partial charge >= 0.3 is 0 Å². The standard InChI is InChI=1S/C11H15ClO3/c1-15-8-11(6-13,7-14)9-2-4-10(12)5-3-9/h2-5,13-14H,6-8H2,1H3. The predicted molar refractivity (Wildman–Crippen MR) is 59.2 cm³/mol. The molecule has 15 heavy (non-hydrogen) atoms. The maximum absolute atomic E-state index is 9.36. The first-order chi connectivity index (χ1) is 7.18. The molecule has 3 nitrogen and oxygen atoms in total. The Hall–Kier alpha value is -0.610. The van der Waals surface area contributed by atoms with Gasteiger partial charge in [0.1, 0.15) is 0 Å². The van der Waals surface area contributed by atoms with E-state index in [1.54, 1.807) is 24.3 Å². The Labute approximate surface area is 94.3 Å². The molecule has 0 aliphatic heterocycles. The van der Waals surface area contributed by atoms with Crippen LogP contribution in [0.5, 0.6) is 0 Å². The molecule has 1 rings (SSSR count). The number of ether oxygens (including phenoxy) is 1. The highest BCUT2D eigenvalue weighted by atomic mass is 35.5. The first-order valence-corrected chi connectivity index (χ1v) is 5.03. The van der Waals surface area contributed by atoms with Crippen molar-refractivity contribution >= 4 is 11.6 Å². The third-order valence-corrected chi connectivity index (χ3v) is 2.73. The van der Waals surface area contributed by atoms with Crippen molar-refractivity contribution in [2.75, 3.05) is 26.9 Å². The normalized spacial score (nSPS) is 11.7. The molecular weight excluding hydrogens is 216 g/mol. The van der Waals surface area contributed by atoms with Crippen LogP contribution >= 0.6 is 11.6 Å². The lowest BCUT2D eigenvalue weighted by atomic mass is 9.83. The summed E-state index contributed by atoms with van der Waals surface area (Å²) in [5, 5.41) is 19.3. The van der Waals surface area contributed by atoms with Crippen molar-refractivity contribution in [3.8, 4) is 0 Å². The van der Waals surface area contributed by atoms with Gasteiger partial charge in [-0.2, -0.15) is 0 Å². The minimum Gasteiger partial charge on any atom is -0.395 e. The number of hydrogen-bond acceptors (Lipinski definition) is 3. The average Bonchev–Trinajstić information content (AvgIpc) is 2.27. The van der Waals surface area contributed by atoms with Gasteiger partial charge in [0.15, 0.2) is 0 Å². The van der Waals surface area contributed by atoms with E-state index in [0.29, 0.717) is 5.02 Å². The summed E-state index contributed by atoms with van der Waals surface area (Å²) in [6, 6.07) is 7.03. The summed E-state index contributed by atoms with van der Waals surface area (Å²) in [4.78, 5) is 0. The summed E-state index contributed by atoms with van der Waals surface area (Å²) in [7, 11) is 1.54. The molecule has 0 saturated heterocycles. The van der Waals surface area contributed by atoms with E-state index in [9.17, 15) is 10.2 Å². The first-order valence-electron chi connectivity index (χ1n) is 4.65. The van der Waals surface area contributed by atoms with Crippen molar-refractivity contribution in [3.63, 3.8) is 0 Å². The third-order valence-electron chi connectivity index (χ3n) is 2.48. The fourth-order valence-corrected chi connectivity index (χ4v) is 1.61. The SMILES string of the molecule is COCC(CO)(CO)c1ccc(Cl)cc1. The lowest BCUT2D eigenvalue weighted by Crippen LogP contribution is -2.39. The predicted octanol–water partition coefficient (Wildman–Crippen LogP) is 1.21. The lowest BCUT2D eigenvalue weighted by Gasteiger charge is -2.29. The van der Waals surface area contributed by atoms with Crippen LogP contribution in [0.25, 0.3) is 0 Å². The highest BCUT2D eigenvalue weighted by Crippen LogP contribution is 2.25. The summed E-state index contributed by atoms with van der Waals surface area (Å²) in [5.74, 6) is 0. The Bertz CT molecular complexity index is 293. The number of rotatable bonds is 5. The maximum atomic E-state index is 9.36. The Morgan fingerprint density at radius 1 is 1.20 bits per heavy atom. The van der Waals surface area contributed by atoms with E-state index in [4.69, 9.17) is 16.3 Å². The van der Waals surface area contributed by atoms with Gasteiger partial charge in [0.2, 0.25) is 0 Å². The van der Waals surface area contributed by atoms with Crippen LogP contribution in [-0.4, -0.2) is 37.1 Å². The van der Waals surface area contributed by atoms with E-state index in [0.717, 1.165) is 5.56 Å². The monoisotopic (exact) mass is 230 g/mol.